The first kappa shape index (κ1) is 15.8. The second kappa shape index (κ2) is 8.63. The monoisotopic (exact) mass is 293 g/mol. The van der Waals surface area contributed by atoms with Crippen LogP contribution in [0.4, 0.5) is 0 Å². The lowest BCUT2D eigenvalue weighted by Gasteiger charge is -2.30. The second-order valence-electron chi connectivity index (χ2n) is 5.81. The van der Waals surface area contributed by atoms with Crippen LogP contribution in [-0.4, -0.2) is 28.3 Å². The summed E-state index contributed by atoms with van der Waals surface area (Å²) in [5.41, 5.74) is 1.13. The summed E-state index contributed by atoms with van der Waals surface area (Å²) in [4.78, 5) is 8.80. The zero-order valence-corrected chi connectivity index (χ0v) is 13.6. The first-order valence-electron chi connectivity index (χ1n) is 7.94. The van der Waals surface area contributed by atoms with Crippen molar-refractivity contribution in [3.8, 4) is 0 Å². The van der Waals surface area contributed by atoms with Crippen molar-refractivity contribution in [2.75, 3.05) is 12.3 Å². The number of nitrogens with one attached hydrogen (secondary N) is 1. The Kier molecular flexibility index (Phi) is 6.80. The van der Waals surface area contributed by atoms with E-state index in [1.807, 2.05) is 19.3 Å². The molecule has 1 unspecified atom stereocenters. The third kappa shape index (κ3) is 5.06. The predicted octanol–water partition coefficient (Wildman–Crippen LogP) is 3.83. The fourth-order valence-corrected chi connectivity index (χ4v) is 3.82. The molecule has 0 amide bonds. The molecule has 112 valence electrons. The molecule has 1 saturated carbocycles. The van der Waals surface area contributed by atoms with Crippen LogP contribution in [0, 0.1) is 12.8 Å². The maximum atomic E-state index is 4.40. The molecule has 1 aromatic rings. The summed E-state index contributed by atoms with van der Waals surface area (Å²) in [6, 6.07) is 0.616. The van der Waals surface area contributed by atoms with E-state index in [1.165, 1.54) is 38.5 Å². The Hall–Kier alpha value is -0.610. The summed E-state index contributed by atoms with van der Waals surface area (Å²) in [7, 11) is 0. The van der Waals surface area contributed by atoms with Crippen LogP contribution in [0.25, 0.3) is 0 Å². The van der Waals surface area contributed by atoms with E-state index in [2.05, 4.69) is 22.2 Å². The molecule has 1 atom stereocenters. The maximum absolute atomic E-state index is 4.40. The third-order valence-electron chi connectivity index (χ3n) is 4.02. The molecular weight excluding hydrogens is 266 g/mol. The smallest absolute Gasteiger partial charge is 0.187 e. The average molecular weight is 293 g/mol. The molecule has 0 saturated heterocycles. The van der Waals surface area contributed by atoms with Crippen LogP contribution in [0.2, 0.25) is 0 Å². The summed E-state index contributed by atoms with van der Waals surface area (Å²) in [5.74, 6) is 1.93. The molecule has 1 aliphatic carbocycles. The van der Waals surface area contributed by atoms with Crippen LogP contribution in [0.5, 0.6) is 0 Å². The summed E-state index contributed by atoms with van der Waals surface area (Å²) < 4.78 is 0. The molecule has 4 heteroatoms. The molecule has 0 radical (unpaired) electrons. The molecule has 1 N–H and O–H groups in total. The van der Waals surface area contributed by atoms with E-state index in [4.69, 9.17) is 0 Å². The van der Waals surface area contributed by atoms with Crippen molar-refractivity contribution >= 4 is 11.8 Å². The van der Waals surface area contributed by atoms with E-state index in [-0.39, 0.29) is 0 Å². The highest BCUT2D eigenvalue weighted by atomic mass is 32.2. The van der Waals surface area contributed by atoms with Gasteiger partial charge in [0.15, 0.2) is 5.16 Å². The van der Waals surface area contributed by atoms with E-state index in [0.717, 1.165) is 28.9 Å². The van der Waals surface area contributed by atoms with Gasteiger partial charge in [-0.1, -0.05) is 37.9 Å². The van der Waals surface area contributed by atoms with Crippen LogP contribution in [0.1, 0.15) is 51.0 Å². The fraction of sp³-hybridized carbons (Fsp3) is 0.750. The first-order valence-corrected chi connectivity index (χ1v) is 8.93. The summed E-state index contributed by atoms with van der Waals surface area (Å²) in [5, 5.41) is 4.66. The minimum Gasteiger partial charge on any atom is -0.313 e. The van der Waals surface area contributed by atoms with Crippen LogP contribution < -0.4 is 5.32 Å². The first-order chi connectivity index (χ1) is 9.79. The van der Waals surface area contributed by atoms with Crippen molar-refractivity contribution in [3.63, 3.8) is 0 Å². The molecule has 0 spiro atoms. The van der Waals surface area contributed by atoms with Crippen molar-refractivity contribution in [2.24, 2.45) is 5.92 Å². The van der Waals surface area contributed by atoms with Gasteiger partial charge in [0.2, 0.25) is 0 Å². The van der Waals surface area contributed by atoms with E-state index in [1.54, 1.807) is 11.8 Å². The van der Waals surface area contributed by atoms with Crippen molar-refractivity contribution in [3.05, 3.63) is 18.0 Å². The van der Waals surface area contributed by atoms with Crippen LogP contribution in [0.3, 0.4) is 0 Å². The van der Waals surface area contributed by atoms with Gasteiger partial charge in [0.1, 0.15) is 0 Å². The third-order valence-corrected chi connectivity index (χ3v) is 5.02. The Labute approximate surface area is 127 Å². The van der Waals surface area contributed by atoms with Gasteiger partial charge in [-0.05, 0) is 44.2 Å². The van der Waals surface area contributed by atoms with Gasteiger partial charge in [-0.25, -0.2) is 9.97 Å². The molecule has 1 aliphatic rings. The van der Waals surface area contributed by atoms with Gasteiger partial charge in [0, 0.05) is 24.2 Å². The van der Waals surface area contributed by atoms with Crippen molar-refractivity contribution < 1.29 is 0 Å². The van der Waals surface area contributed by atoms with Gasteiger partial charge in [-0.2, -0.15) is 0 Å². The van der Waals surface area contributed by atoms with E-state index < -0.39 is 0 Å². The van der Waals surface area contributed by atoms with Crippen LogP contribution in [0.15, 0.2) is 17.6 Å². The van der Waals surface area contributed by atoms with Gasteiger partial charge in [0.25, 0.3) is 0 Å². The highest BCUT2D eigenvalue weighted by Crippen LogP contribution is 2.29. The minimum absolute atomic E-state index is 0.616. The Morgan fingerprint density at radius 2 is 1.95 bits per heavy atom. The number of rotatable bonds is 7. The Bertz CT molecular complexity index is 374. The van der Waals surface area contributed by atoms with Gasteiger partial charge < -0.3 is 5.32 Å². The van der Waals surface area contributed by atoms with E-state index >= 15 is 0 Å². The number of nitrogens with zero attached hydrogens (tertiary/aromatic N) is 2. The van der Waals surface area contributed by atoms with Gasteiger partial charge in [-0.3, -0.25) is 0 Å². The molecule has 1 fully saturated rings. The largest absolute Gasteiger partial charge is 0.313 e. The number of hydrogen-bond donors (Lipinski definition) is 1. The number of aromatic nitrogens is 2. The molecule has 2 rings (SSSR count). The van der Waals surface area contributed by atoms with Crippen LogP contribution in [-0.2, 0) is 0 Å². The van der Waals surface area contributed by atoms with Gasteiger partial charge in [0.05, 0.1) is 0 Å². The predicted molar refractivity (Wildman–Crippen MR) is 86.1 cm³/mol. The van der Waals surface area contributed by atoms with Gasteiger partial charge in [-0.15, -0.1) is 0 Å². The van der Waals surface area contributed by atoms with E-state index in [9.17, 15) is 0 Å². The Balaban J connectivity index is 1.87. The lowest BCUT2D eigenvalue weighted by Crippen LogP contribution is -2.39. The fourth-order valence-electron chi connectivity index (χ4n) is 2.85. The maximum Gasteiger partial charge on any atom is 0.187 e. The van der Waals surface area contributed by atoms with Crippen LogP contribution >= 0.6 is 11.8 Å². The minimum atomic E-state index is 0.616. The highest BCUT2D eigenvalue weighted by Gasteiger charge is 2.23. The van der Waals surface area contributed by atoms with Crippen molar-refractivity contribution in [2.45, 2.75) is 63.6 Å². The summed E-state index contributed by atoms with van der Waals surface area (Å²) in [6.07, 6.45) is 12.0. The molecule has 0 aliphatic heterocycles. The molecular formula is C16H27N3S. The highest BCUT2D eigenvalue weighted by molar-refractivity contribution is 7.99. The quantitative estimate of drug-likeness (QED) is 0.612. The summed E-state index contributed by atoms with van der Waals surface area (Å²) >= 11 is 1.80. The topological polar surface area (TPSA) is 37.8 Å². The van der Waals surface area contributed by atoms with Crippen molar-refractivity contribution in [1.29, 1.82) is 0 Å². The zero-order chi connectivity index (χ0) is 14.2. The lowest BCUT2D eigenvalue weighted by atomic mass is 9.84. The molecule has 1 heterocycles. The molecule has 20 heavy (non-hydrogen) atoms. The normalized spacial score (nSPS) is 18.1. The lowest BCUT2D eigenvalue weighted by molar-refractivity contribution is 0.285. The van der Waals surface area contributed by atoms with Gasteiger partial charge >= 0.3 is 0 Å². The number of aryl methyl sites for hydroxylation is 1. The summed E-state index contributed by atoms with van der Waals surface area (Å²) in [6.45, 7) is 5.39. The SMILES string of the molecule is CCCNC(CSc1ncc(C)cn1)C1CCCCC1. The average Bonchev–Trinajstić information content (AvgIpc) is 2.50. The Morgan fingerprint density at radius 1 is 1.25 bits per heavy atom. The zero-order valence-electron chi connectivity index (χ0n) is 12.8. The number of thioether (sulfide) groups is 1. The number of hydrogen-bond acceptors (Lipinski definition) is 4. The molecule has 1 aromatic heterocycles. The van der Waals surface area contributed by atoms with Crippen molar-refractivity contribution in [1.82, 2.24) is 15.3 Å². The molecule has 0 aromatic carbocycles. The Morgan fingerprint density at radius 3 is 2.60 bits per heavy atom. The molecule has 0 bridgehead atoms. The van der Waals surface area contributed by atoms with E-state index in [0.29, 0.717) is 6.04 Å². The standard InChI is InChI=1S/C16H27N3S/c1-3-9-17-15(14-7-5-4-6-8-14)12-20-16-18-10-13(2)11-19-16/h10-11,14-15,17H,3-9,12H2,1-2H3. The second-order valence-corrected chi connectivity index (χ2v) is 6.80. The molecule has 3 nitrogen and oxygen atoms in total.